The third-order valence-corrected chi connectivity index (χ3v) is 5.16. The smallest absolute Gasteiger partial charge is 0.254 e. The van der Waals surface area contributed by atoms with Gasteiger partial charge >= 0.3 is 0 Å². The van der Waals surface area contributed by atoms with E-state index in [0.717, 1.165) is 28.9 Å². The van der Waals surface area contributed by atoms with Crippen molar-refractivity contribution < 1.29 is 9.59 Å². The van der Waals surface area contributed by atoms with Gasteiger partial charge in [0.05, 0.1) is 0 Å². The Hall–Kier alpha value is -2.82. The Balaban J connectivity index is 2.42. The van der Waals surface area contributed by atoms with E-state index in [-0.39, 0.29) is 17.9 Å². The Morgan fingerprint density at radius 3 is 2.38 bits per heavy atom. The Labute approximate surface area is 174 Å². The maximum absolute atomic E-state index is 13.3. The number of hydrogen-bond acceptors (Lipinski definition) is 3. The second-order valence-corrected chi connectivity index (χ2v) is 7.70. The molecule has 0 radical (unpaired) electrons. The Morgan fingerprint density at radius 2 is 1.79 bits per heavy atom. The van der Waals surface area contributed by atoms with Crippen LogP contribution in [-0.4, -0.2) is 36.9 Å². The average molecular weight is 396 g/mol. The summed E-state index contributed by atoms with van der Waals surface area (Å²) in [5.74, 6) is -0.000995. The number of rotatable bonds is 8. The third-order valence-electron chi connectivity index (χ3n) is 5.16. The number of benzene rings is 2. The van der Waals surface area contributed by atoms with E-state index >= 15 is 0 Å². The first-order chi connectivity index (χ1) is 13.8. The normalized spacial score (nSPS) is 11.7. The molecule has 0 bridgehead atoms. The summed E-state index contributed by atoms with van der Waals surface area (Å²) in [6.07, 6.45) is 1.29. The van der Waals surface area contributed by atoms with Gasteiger partial charge in [-0.05, 0) is 56.2 Å². The van der Waals surface area contributed by atoms with E-state index in [4.69, 9.17) is 0 Å². The summed E-state index contributed by atoms with van der Waals surface area (Å²) in [5.41, 5.74) is 4.56. The van der Waals surface area contributed by atoms with Gasteiger partial charge in [0.25, 0.3) is 5.91 Å². The van der Waals surface area contributed by atoms with Crippen LogP contribution >= 0.6 is 0 Å². The number of nitrogens with zero attached hydrogens (tertiary/aromatic N) is 2. The summed E-state index contributed by atoms with van der Waals surface area (Å²) in [7, 11) is 3.97. The molecule has 2 amide bonds. The van der Waals surface area contributed by atoms with Crippen LogP contribution in [0.3, 0.4) is 0 Å². The van der Waals surface area contributed by atoms with Gasteiger partial charge in [-0.3, -0.25) is 9.59 Å². The lowest BCUT2D eigenvalue weighted by Gasteiger charge is -2.31. The van der Waals surface area contributed by atoms with Gasteiger partial charge in [-0.25, -0.2) is 0 Å². The molecule has 156 valence electrons. The van der Waals surface area contributed by atoms with Crippen LogP contribution in [0.5, 0.6) is 0 Å². The summed E-state index contributed by atoms with van der Waals surface area (Å²) in [6, 6.07) is 13.7. The molecule has 0 aliphatic carbocycles. The molecule has 5 nitrogen and oxygen atoms in total. The lowest BCUT2D eigenvalue weighted by molar-refractivity contribution is -0.115. The first-order valence-corrected chi connectivity index (χ1v) is 10.2. The third kappa shape index (κ3) is 5.83. The van der Waals surface area contributed by atoms with Crippen LogP contribution in [0.4, 0.5) is 11.4 Å². The molecule has 29 heavy (non-hydrogen) atoms. The molecule has 2 rings (SSSR count). The van der Waals surface area contributed by atoms with Gasteiger partial charge in [-0.2, -0.15) is 0 Å². The highest BCUT2D eigenvalue weighted by molar-refractivity contribution is 5.95. The second kappa shape index (κ2) is 10.1. The molecule has 0 saturated carbocycles. The van der Waals surface area contributed by atoms with Crippen LogP contribution in [0.2, 0.25) is 0 Å². The first-order valence-electron chi connectivity index (χ1n) is 10.2. The molecule has 1 N–H and O–H groups in total. The number of carbonyl (C=O) groups is 2. The minimum atomic E-state index is -0.0248. The fraction of sp³-hybridized carbons (Fsp3) is 0.417. The SMILES string of the molecule is CCC(=O)Nc1ccc(N(C)C)c(CN(C(=O)c2cccc(C)c2)C(C)CC)c1. The lowest BCUT2D eigenvalue weighted by atomic mass is 10.1. The Morgan fingerprint density at radius 1 is 1.07 bits per heavy atom. The molecule has 0 aliphatic heterocycles. The van der Waals surface area contributed by atoms with E-state index in [1.807, 2.05) is 80.2 Å². The zero-order valence-corrected chi connectivity index (χ0v) is 18.5. The van der Waals surface area contributed by atoms with Crippen LogP contribution in [0.1, 0.15) is 55.1 Å². The minimum absolute atomic E-state index is 0.0238. The molecule has 0 spiro atoms. The highest BCUT2D eigenvalue weighted by Gasteiger charge is 2.22. The van der Waals surface area contributed by atoms with E-state index in [2.05, 4.69) is 19.2 Å². The van der Waals surface area contributed by atoms with Gasteiger partial charge < -0.3 is 15.1 Å². The largest absolute Gasteiger partial charge is 0.377 e. The maximum Gasteiger partial charge on any atom is 0.254 e. The molecule has 2 aromatic carbocycles. The molecule has 0 aromatic heterocycles. The van der Waals surface area contributed by atoms with Crippen molar-refractivity contribution in [1.29, 1.82) is 0 Å². The highest BCUT2D eigenvalue weighted by atomic mass is 16.2. The fourth-order valence-corrected chi connectivity index (χ4v) is 3.25. The number of anilines is 2. The van der Waals surface area contributed by atoms with Gasteiger partial charge in [0.2, 0.25) is 5.91 Å². The molecule has 2 aromatic rings. The number of aryl methyl sites for hydroxylation is 1. The monoisotopic (exact) mass is 395 g/mol. The van der Waals surface area contributed by atoms with Crippen LogP contribution in [0, 0.1) is 6.92 Å². The maximum atomic E-state index is 13.3. The van der Waals surface area contributed by atoms with Gasteiger partial charge in [-0.1, -0.05) is 31.5 Å². The Kier molecular flexibility index (Phi) is 7.82. The van der Waals surface area contributed by atoms with Crippen LogP contribution < -0.4 is 10.2 Å². The quantitative estimate of drug-likeness (QED) is 0.695. The van der Waals surface area contributed by atoms with Crippen molar-refractivity contribution in [3.05, 3.63) is 59.2 Å². The van der Waals surface area contributed by atoms with Crippen molar-refractivity contribution in [2.75, 3.05) is 24.3 Å². The summed E-state index contributed by atoms with van der Waals surface area (Å²) in [6.45, 7) is 8.47. The summed E-state index contributed by atoms with van der Waals surface area (Å²) >= 11 is 0. The summed E-state index contributed by atoms with van der Waals surface area (Å²) < 4.78 is 0. The molecule has 1 atom stereocenters. The van der Waals surface area contributed by atoms with Gasteiger partial charge in [0.1, 0.15) is 0 Å². The van der Waals surface area contributed by atoms with Crippen LogP contribution in [0.25, 0.3) is 0 Å². The van der Waals surface area contributed by atoms with E-state index < -0.39 is 0 Å². The van der Waals surface area contributed by atoms with Crippen molar-refractivity contribution in [1.82, 2.24) is 4.90 Å². The minimum Gasteiger partial charge on any atom is -0.377 e. The standard InChI is InChI=1S/C24H33N3O2/c1-7-18(4)27(24(29)19-11-9-10-17(3)14-19)16-20-15-21(25-23(28)8-2)12-13-22(20)26(5)6/h9-15,18H,7-8,16H2,1-6H3,(H,25,28). The molecule has 1 unspecified atom stereocenters. The van der Waals surface area contributed by atoms with Crippen molar-refractivity contribution in [2.45, 2.75) is 53.1 Å². The molecule has 0 aliphatic rings. The van der Waals surface area contributed by atoms with Gasteiger partial charge in [0, 0.05) is 50.0 Å². The number of carbonyl (C=O) groups excluding carboxylic acids is 2. The molecule has 0 heterocycles. The van der Waals surface area contributed by atoms with E-state index in [1.165, 1.54) is 0 Å². The molecular formula is C24H33N3O2. The van der Waals surface area contributed by atoms with Gasteiger partial charge in [-0.15, -0.1) is 0 Å². The predicted octanol–water partition coefficient (Wildman–Crippen LogP) is 4.85. The molecule has 0 saturated heterocycles. The highest BCUT2D eigenvalue weighted by Crippen LogP contribution is 2.26. The van der Waals surface area contributed by atoms with E-state index in [9.17, 15) is 9.59 Å². The average Bonchev–Trinajstić information content (AvgIpc) is 2.70. The van der Waals surface area contributed by atoms with Crippen molar-refractivity contribution in [2.24, 2.45) is 0 Å². The van der Waals surface area contributed by atoms with Crippen molar-refractivity contribution in [3.63, 3.8) is 0 Å². The fourth-order valence-electron chi connectivity index (χ4n) is 3.25. The van der Waals surface area contributed by atoms with Crippen molar-refractivity contribution >= 4 is 23.2 Å². The Bertz CT molecular complexity index is 861. The number of hydrogen-bond donors (Lipinski definition) is 1. The molecular weight excluding hydrogens is 362 g/mol. The lowest BCUT2D eigenvalue weighted by Crippen LogP contribution is -2.38. The van der Waals surface area contributed by atoms with Crippen LogP contribution in [-0.2, 0) is 11.3 Å². The molecule has 0 fully saturated rings. The van der Waals surface area contributed by atoms with Crippen molar-refractivity contribution in [3.8, 4) is 0 Å². The number of nitrogens with one attached hydrogen (secondary N) is 1. The zero-order chi connectivity index (χ0) is 21.6. The predicted molar refractivity (Wildman–Crippen MR) is 120 cm³/mol. The van der Waals surface area contributed by atoms with Crippen LogP contribution in [0.15, 0.2) is 42.5 Å². The summed E-state index contributed by atoms with van der Waals surface area (Å²) in [4.78, 5) is 29.1. The number of amides is 2. The van der Waals surface area contributed by atoms with Gasteiger partial charge in [0.15, 0.2) is 0 Å². The zero-order valence-electron chi connectivity index (χ0n) is 18.5. The van der Waals surface area contributed by atoms with E-state index in [1.54, 1.807) is 0 Å². The summed E-state index contributed by atoms with van der Waals surface area (Å²) in [5, 5.41) is 2.92. The topological polar surface area (TPSA) is 52.7 Å². The van der Waals surface area contributed by atoms with E-state index in [0.29, 0.717) is 18.5 Å². The molecule has 5 heteroatoms. The first kappa shape index (κ1) is 22.5. The second-order valence-electron chi connectivity index (χ2n) is 7.70.